The highest BCUT2D eigenvalue weighted by Crippen LogP contribution is 2.45. The monoisotopic (exact) mass is 315 g/mol. The first-order valence-corrected chi connectivity index (χ1v) is 8.27. The van der Waals surface area contributed by atoms with Gasteiger partial charge in [0.05, 0.1) is 10.9 Å². The van der Waals surface area contributed by atoms with Gasteiger partial charge in [-0.15, -0.1) is 11.3 Å². The molecule has 3 atom stereocenters. The van der Waals surface area contributed by atoms with Gasteiger partial charge in [0.25, 0.3) is 0 Å². The van der Waals surface area contributed by atoms with Gasteiger partial charge in [0.1, 0.15) is 0 Å². The van der Waals surface area contributed by atoms with Gasteiger partial charge in [-0.2, -0.15) is 0 Å². The number of halogens is 1. The Labute approximate surface area is 129 Å². The van der Waals surface area contributed by atoms with Crippen LogP contribution in [-0.2, 0) is 11.3 Å². The van der Waals surface area contributed by atoms with E-state index in [1.807, 2.05) is 11.4 Å². The third kappa shape index (κ3) is 3.18. The molecule has 1 saturated carbocycles. The largest absolute Gasteiger partial charge is 0.481 e. The summed E-state index contributed by atoms with van der Waals surface area (Å²) in [7, 11) is 0. The molecule has 2 N–H and O–H groups in total. The van der Waals surface area contributed by atoms with Gasteiger partial charge in [0.2, 0.25) is 0 Å². The lowest BCUT2D eigenvalue weighted by molar-refractivity contribution is -0.150. The van der Waals surface area contributed by atoms with Crippen molar-refractivity contribution in [3.8, 4) is 0 Å². The van der Waals surface area contributed by atoms with E-state index in [9.17, 15) is 9.90 Å². The predicted molar refractivity (Wildman–Crippen MR) is 83.3 cm³/mol. The number of thiophene rings is 1. The molecule has 0 spiro atoms. The van der Waals surface area contributed by atoms with Crippen molar-refractivity contribution in [2.45, 2.75) is 46.2 Å². The molecule has 5 heteroatoms. The van der Waals surface area contributed by atoms with Crippen LogP contribution in [0.5, 0.6) is 0 Å². The van der Waals surface area contributed by atoms with E-state index in [1.165, 1.54) is 4.88 Å². The molecule has 112 valence electrons. The summed E-state index contributed by atoms with van der Waals surface area (Å²) in [6.45, 7) is 7.12. The SMILES string of the molecule is CC1C(NCc2cc(Cl)cs2)CCC(C(=O)O)C1(C)C. The van der Waals surface area contributed by atoms with Crippen molar-refractivity contribution in [1.82, 2.24) is 5.32 Å². The third-order valence-electron chi connectivity index (χ3n) is 4.90. The van der Waals surface area contributed by atoms with E-state index in [4.69, 9.17) is 11.6 Å². The number of carboxylic acid groups (broad SMARTS) is 1. The van der Waals surface area contributed by atoms with E-state index in [2.05, 4.69) is 26.1 Å². The highest BCUT2D eigenvalue weighted by Gasteiger charge is 2.45. The normalized spacial score (nSPS) is 29.3. The van der Waals surface area contributed by atoms with E-state index < -0.39 is 5.97 Å². The molecule has 1 fully saturated rings. The molecule has 1 aromatic heterocycles. The van der Waals surface area contributed by atoms with Gasteiger partial charge in [0.15, 0.2) is 0 Å². The predicted octanol–water partition coefficient (Wildman–Crippen LogP) is 4.02. The maximum Gasteiger partial charge on any atom is 0.307 e. The molecule has 3 nitrogen and oxygen atoms in total. The van der Waals surface area contributed by atoms with E-state index in [-0.39, 0.29) is 11.3 Å². The fourth-order valence-electron chi connectivity index (χ4n) is 3.20. The third-order valence-corrected chi connectivity index (χ3v) is 6.18. The van der Waals surface area contributed by atoms with Crippen molar-refractivity contribution in [2.75, 3.05) is 0 Å². The average Bonchev–Trinajstić information content (AvgIpc) is 2.76. The maximum absolute atomic E-state index is 11.4. The van der Waals surface area contributed by atoms with E-state index >= 15 is 0 Å². The fraction of sp³-hybridized carbons (Fsp3) is 0.667. The molecule has 1 aliphatic carbocycles. The standard InChI is InChI=1S/C15H22ClNO2S/c1-9-13(17-7-11-6-10(16)8-20-11)5-4-12(14(18)19)15(9,2)3/h6,8-9,12-13,17H,4-5,7H2,1-3H3,(H,18,19). The molecule has 0 aliphatic heterocycles. The molecule has 20 heavy (non-hydrogen) atoms. The number of hydrogen-bond donors (Lipinski definition) is 2. The van der Waals surface area contributed by atoms with Crippen LogP contribution in [0.4, 0.5) is 0 Å². The Balaban J connectivity index is 1.99. The van der Waals surface area contributed by atoms with Crippen LogP contribution < -0.4 is 5.32 Å². The second-order valence-electron chi connectivity index (χ2n) is 6.30. The lowest BCUT2D eigenvalue weighted by atomic mass is 9.61. The molecule has 3 unspecified atom stereocenters. The molecule has 2 rings (SSSR count). The number of carboxylic acids is 1. The van der Waals surface area contributed by atoms with Gasteiger partial charge in [-0.05, 0) is 30.2 Å². The Bertz CT molecular complexity index is 486. The summed E-state index contributed by atoms with van der Waals surface area (Å²) in [6, 6.07) is 2.35. The summed E-state index contributed by atoms with van der Waals surface area (Å²) >= 11 is 7.58. The fourth-order valence-corrected chi connectivity index (χ4v) is 4.23. The number of rotatable bonds is 4. The molecular formula is C15H22ClNO2S. The minimum absolute atomic E-state index is 0.186. The van der Waals surface area contributed by atoms with Crippen molar-refractivity contribution in [3.63, 3.8) is 0 Å². The molecule has 1 aromatic rings. The van der Waals surface area contributed by atoms with Crippen LogP contribution in [0.1, 0.15) is 38.5 Å². The molecule has 0 aromatic carbocycles. The molecule has 1 heterocycles. The Morgan fingerprint density at radius 2 is 2.25 bits per heavy atom. The quantitative estimate of drug-likeness (QED) is 0.882. The zero-order chi connectivity index (χ0) is 14.9. The first-order valence-electron chi connectivity index (χ1n) is 7.01. The Hall–Kier alpha value is -0.580. The van der Waals surface area contributed by atoms with Crippen LogP contribution in [0.25, 0.3) is 0 Å². The number of carbonyl (C=O) groups is 1. The highest BCUT2D eigenvalue weighted by molar-refractivity contribution is 7.10. The maximum atomic E-state index is 11.4. The van der Waals surface area contributed by atoms with Gasteiger partial charge < -0.3 is 10.4 Å². The first kappa shape index (κ1) is 15.8. The Morgan fingerprint density at radius 1 is 1.55 bits per heavy atom. The van der Waals surface area contributed by atoms with Crippen LogP contribution in [0.15, 0.2) is 11.4 Å². The summed E-state index contributed by atoms with van der Waals surface area (Å²) < 4.78 is 0. The number of aliphatic carboxylic acids is 1. The highest BCUT2D eigenvalue weighted by atomic mass is 35.5. The van der Waals surface area contributed by atoms with E-state index in [0.717, 1.165) is 24.4 Å². The van der Waals surface area contributed by atoms with Gasteiger partial charge in [0, 0.05) is 22.8 Å². The molecule has 0 bridgehead atoms. The summed E-state index contributed by atoms with van der Waals surface area (Å²) in [5.41, 5.74) is -0.186. The smallest absolute Gasteiger partial charge is 0.307 e. The van der Waals surface area contributed by atoms with Crippen LogP contribution in [0, 0.1) is 17.3 Å². The zero-order valence-corrected chi connectivity index (χ0v) is 13.7. The van der Waals surface area contributed by atoms with Gasteiger partial charge in [-0.25, -0.2) is 0 Å². The van der Waals surface area contributed by atoms with E-state index in [1.54, 1.807) is 11.3 Å². The minimum Gasteiger partial charge on any atom is -0.481 e. The molecule has 1 aliphatic rings. The Morgan fingerprint density at radius 3 is 2.80 bits per heavy atom. The summed E-state index contributed by atoms with van der Waals surface area (Å²) in [5, 5.41) is 15.7. The minimum atomic E-state index is -0.662. The van der Waals surface area contributed by atoms with Gasteiger partial charge >= 0.3 is 5.97 Å². The number of nitrogens with one attached hydrogen (secondary N) is 1. The van der Waals surface area contributed by atoms with Crippen molar-refractivity contribution < 1.29 is 9.90 Å². The first-order chi connectivity index (χ1) is 9.32. The molecule has 0 amide bonds. The Kier molecular flexibility index (Phi) is 4.77. The molecule has 0 radical (unpaired) electrons. The van der Waals surface area contributed by atoms with Gasteiger partial charge in [-0.3, -0.25) is 4.79 Å². The van der Waals surface area contributed by atoms with Crippen LogP contribution in [0.2, 0.25) is 5.02 Å². The van der Waals surface area contributed by atoms with Crippen LogP contribution >= 0.6 is 22.9 Å². The summed E-state index contributed by atoms with van der Waals surface area (Å²) in [6.07, 6.45) is 1.66. The van der Waals surface area contributed by atoms with Crippen LogP contribution in [-0.4, -0.2) is 17.1 Å². The van der Waals surface area contributed by atoms with Gasteiger partial charge in [-0.1, -0.05) is 32.4 Å². The van der Waals surface area contributed by atoms with Crippen LogP contribution in [0.3, 0.4) is 0 Å². The molecular weight excluding hydrogens is 294 g/mol. The summed E-state index contributed by atoms with van der Waals surface area (Å²) in [4.78, 5) is 12.6. The lowest BCUT2D eigenvalue weighted by Crippen LogP contribution is -2.50. The molecule has 0 saturated heterocycles. The van der Waals surface area contributed by atoms with Crippen molar-refractivity contribution in [3.05, 3.63) is 21.3 Å². The van der Waals surface area contributed by atoms with Crippen molar-refractivity contribution >= 4 is 28.9 Å². The van der Waals surface area contributed by atoms with E-state index in [0.29, 0.717) is 12.0 Å². The second-order valence-corrected chi connectivity index (χ2v) is 7.73. The van der Waals surface area contributed by atoms with Crippen molar-refractivity contribution in [1.29, 1.82) is 0 Å². The second kappa shape index (κ2) is 6.04. The zero-order valence-electron chi connectivity index (χ0n) is 12.1. The number of hydrogen-bond acceptors (Lipinski definition) is 3. The van der Waals surface area contributed by atoms with Crippen molar-refractivity contribution in [2.24, 2.45) is 17.3 Å². The summed E-state index contributed by atoms with van der Waals surface area (Å²) in [5.74, 6) is -0.579. The average molecular weight is 316 g/mol. The topological polar surface area (TPSA) is 49.3 Å². The lowest BCUT2D eigenvalue weighted by Gasteiger charge is -2.46.